The van der Waals surface area contributed by atoms with Crippen molar-refractivity contribution in [2.24, 2.45) is 0 Å². The van der Waals surface area contributed by atoms with Gasteiger partial charge >= 0.3 is 0 Å². The molecule has 26 heavy (non-hydrogen) atoms. The molecule has 136 valence electrons. The number of aromatic nitrogens is 4. The first-order valence-corrected chi connectivity index (χ1v) is 8.25. The van der Waals surface area contributed by atoms with Crippen molar-refractivity contribution in [3.05, 3.63) is 52.6 Å². The fourth-order valence-electron chi connectivity index (χ4n) is 3.18. The molecule has 0 aliphatic carbocycles. The molecule has 1 aromatic carbocycles. The van der Waals surface area contributed by atoms with E-state index in [0.717, 1.165) is 5.56 Å². The normalized spacial score (nSPS) is 25.8. The average Bonchev–Trinajstić information content (AvgIpc) is 3.16. The van der Waals surface area contributed by atoms with E-state index in [4.69, 9.17) is 10.5 Å². The number of nitrogens with zero attached hydrogens (tertiary/aromatic N) is 4. The highest BCUT2D eigenvalue weighted by Crippen LogP contribution is 2.30. The van der Waals surface area contributed by atoms with Gasteiger partial charge in [0, 0.05) is 0 Å². The number of nitrogens with two attached hydrogens (primary N) is 1. The van der Waals surface area contributed by atoms with Crippen molar-refractivity contribution < 1.29 is 14.9 Å². The first kappa shape index (κ1) is 16.7. The Morgan fingerprint density at radius 3 is 2.62 bits per heavy atom. The molecule has 0 spiro atoms. The third-order valence-electron chi connectivity index (χ3n) is 4.65. The number of fused-ring (bicyclic) bond motifs is 1. The van der Waals surface area contributed by atoms with Gasteiger partial charge in [-0.3, -0.25) is 13.9 Å². The number of aliphatic hydroxyl groups excluding tert-OH is 2. The molecular formula is C17H19N5O4. The number of aliphatic hydroxyl groups is 2. The highest BCUT2D eigenvalue weighted by atomic mass is 16.6. The van der Waals surface area contributed by atoms with Crippen LogP contribution >= 0.6 is 0 Å². The van der Waals surface area contributed by atoms with Crippen LogP contribution in [0.1, 0.15) is 18.7 Å². The smallest absolute Gasteiger partial charge is 0.283 e. The summed E-state index contributed by atoms with van der Waals surface area (Å²) < 4.78 is 8.35. The molecule has 0 radical (unpaired) electrons. The lowest BCUT2D eigenvalue weighted by molar-refractivity contribution is -0.0299. The van der Waals surface area contributed by atoms with E-state index in [0.29, 0.717) is 0 Å². The van der Waals surface area contributed by atoms with Gasteiger partial charge < -0.3 is 20.7 Å². The van der Waals surface area contributed by atoms with Crippen LogP contribution in [0.3, 0.4) is 0 Å². The number of ether oxygens (including phenoxy) is 1. The minimum absolute atomic E-state index is 0.0363. The fourth-order valence-corrected chi connectivity index (χ4v) is 3.18. The molecule has 1 aliphatic rings. The summed E-state index contributed by atoms with van der Waals surface area (Å²) in [6, 6.07) is 9.42. The largest absolute Gasteiger partial charge is 0.388 e. The first-order valence-electron chi connectivity index (χ1n) is 8.25. The van der Waals surface area contributed by atoms with Crippen LogP contribution in [0.5, 0.6) is 0 Å². The van der Waals surface area contributed by atoms with E-state index in [9.17, 15) is 15.0 Å². The van der Waals surface area contributed by atoms with E-state index in [2.05, 4.69) is 9.97 Å². The van der Waals surface area contributed by atoms with Crippen LogP contribution in [0.2, 0.25) is 0 Å². The number of imidazole rings is 1. The molecule has 9 nitrogen and oxygen atoms in total. The van der Waals surface area contributed by atoms with Crippen molar-refractivity contribution >= 4 is 17.1 Å². The van der Waals surface area contributed by atoms with E-state index in [1.54, 1.807) is 6.92 Å². The maximum absolute atomic E-state index is 12.8. The van der Waals surface area contributed by atoms with Gasteiger partial charge in [0.05, 0.1) is 19.0 Å². The Bertz CT molecular complexity index is 1000. The molecule has 0 bridgehead atoms. The summed E-state index contributed by atoms with van der Waals surface area (Å²) in [7, 11) is 0. The average molecular weight is 357 g/mol. The van der Waals surface area contributed by atoms with Gasteiger partial charge in [-0.05, 0) is 12.5 Å². The van der Waals surface area contributed by atoms with E-state index >= 15 is 0 Å². The molecule has 1 aliphatic heterocycles. The molecule has 3 heterocycles. The lowest BCUT2D eigenvalue weighted by Crippen LogP contribution is -2.30. The third-order valence-corrected chi connectivity index (χ3v) is 4.65. The molecule has 4 rings (SSSR count). The Morgan fingerprint density at radius 2 is 1.96 bits per heavy atom. The molecule has 1 fully saturated rings. The predicted octanol–water partition coefficient (Wildman–Crippen LogP) is -0.137. The maximum atomic E-state index is 12.8. The summed E-state index contributed by atoms with van der Waals surface area (Å²) in [4.78, 5) is 21.2. The standard InChI is InChI=1S/C17H19N5O4/c1-9-12(23)13(24)16(26-9)22-8-19-11-14(22)20-17(18)21(15(11)25)7-10-5-3-2-4-6-10/h2-6,8-9,12-13,16,23-24H,7H2,1H3,(H2,18,20). The van der Waals surface area contributed by atoms with Crippen LogP contribution in [0.4, 0.5) is 5.95 Å². The van der Waals surface area contributed by atoms with Gasteiger partial charge in [0.2, 0.25) is 5.95 Å². The lowest BCUT2D eigenvalue weighted by atomic mass is 10.1. The number of anilines is 1. The van der Waals surface area contributed by atoms with Crippen molar-refractivity contribution in [2.45, 2.75) is 38.0 Å². The van der Waals surface area contributed by atoms with Gasteiger partial charge in [-0.15, -0.1) is 0 Å². The molecular weight excluding hydrogens is 338 g/mol. The maximum Gasteiger partial charge on any atom is 0.283 e. The highest BCUT2D eigenvalue weighted by molar-refractivity contribution is 5.71. The molecule has 4 unspecified atom stereocenters. The van der Waals surface area contributed by atoms with Gasteiger partial charge in [0.1, 0.15) is 12.2 Å². The Kier molecular flexibility index (Phi) is 3.98. The summed E-state index contributed by atoms with van der Waals surface area (Å²) >= 11 is 0. The highest BCUT2D eigenvalue weighted by Gasteiger charge is 2.42. The summed E-state index contributed by atoms with van der Waals surface area (Å²) in [6.45, 7) is 1.93. The zero-order valence-corrected chi connectivity index (χ0v) is 14.1. The predicted molar refractivity (Wildman–Crippen MR) is 93.3 cm³/mol. The Balaban J connectivity index is 1.78. The van der Waals surface area contributed by atoms with Crippen LogP contribution in [-0.2, 0) is 11.3 Å². The number of hydrogen-bond donors (Lipinski definition) is 3. The second-order valence-electron chi connectivity index (χ2n) is 6.38. The van der Waals surface area contributed by atoms with Crippen LogP contribution in [-0.4, -0.2) is 47.6 Å². The first-order chi connectivity index (χ1) is 12.5. The van der Waals surface area contributed by atoms with Gasteiger partial charge in [-0.1, -0.05) is 30.3 Å². The number of benzene rings is 1. The van der Waals surface area contributed by atoms with E-state index in [1.165, 1.54) is 15.5 Å². The molecule has 0 amide bonds. The zero-order valence-electron chi connectivity index (χ0n) is 14.1. The van der Waals surface area contributed by atoms with Gasteiger partial charge in [0.15, 0.2) is 17.4 Å². The monoisotopic (exact) mass is 357 g/mol. The van der Waals surface area contributed by atoms with Crippen LogP contribution in [0, 0.1) is 0 Å². The molecule has 4 atom stereocenters. The molecule has 9 heteroatoms. The van der Waals surface area contributed by atoms with Crippen LogP contribution in [0.15, 0.2) is 41.5 Å². The van der Waals surface area contributed by atoms with Crippen molar-refractivity contribution in [1.29, 1.82) is 0 Å². The summed E-state index contributed by atoms with van der Waals surface area (Å²) in [5.74, 6) is 0.0363. The van der Waals surface area contributed by atoms with Gasteiger partial charge in [-0.2, -0.15) is 4.98 Å². The Morgan fingerprint density at radius 1 is 1.23 bits per heavy atom. The minimum atomic E-state index is -1.16. The summed E-state index contributed by atoms with van der Waals surface area (Å²) in [6.07, 6.45) is -2.26. The molecule has 1 saturated heterocycles. The number of nitrogen functional groups attached to an aromatic ring is 1. The van der Waals surface area contributed by atoms with Crippen molar-refractivity contribution in [3.8, 4) is 0 Å². The fraction of sp³-hybridized carbons (Fsp3) is 0.353. The number of hydrogen-bond acceptors (Lipinski definition) is 7. The van der Waals surface area contributed by atoms with Crippen LogP contribution in [0.25, 0.3) is 11.2 Å². The van der Waals surface area contributed by atoms with Crippen LogP contribution < -0.4 is 11.3 Å². The molecule has 0 saturated carbocycles. The van der Waals surface area contributed by atoms with Crippen molar-refractivity contribution in [2.75, 3.05) is 5.73 Å². The second-order valence-corrected chi connectivity index (χ2v) is 6.38. The summed E-state index contributed by atoms with van der Waals surface area (Å²) in [5.41, 5.74) is 6.88. The quantitative estimate of drug-likeness (QED) is 0.595. The molecule has 3 aromatic rings. The van der Waals surface area contributed by atoms with Gasteiger partial charge in [0.25, 0.3) is 5.56 Å². The van der Waals surface area contributed by atoms with E-state index in [-0.39, 0.29) is 29.2 Å². The van der Waals surface area contributed by atoms with Gasteiger partial charge in [-0.25, -0.2) is 4.98 Å². The summed E-state index contributed by atoms with van der Waals surface area (Å²) in [5, 5.41) is 20.1. The number of rotatable bonds is 3. The SMILES string of the molecule is CC1OC(n2cnc3c(=O)n(Cc4ccccc4)c(N)nc32)C(O)C1O. The van der Waals surface area contributed by atoms with E-state index in [1.807, 2.05) is 30.3 Å². The topological polar surface area (TPSA) is 128 Å². The van der Waals surface area contributed by atoms with Crippen molar-refractivity contribution in [1.82, 2.24) is 19.1 Å². The third kappa shape index (κ3) is 2.57. The Labute approximate surface area is 148 Å². The van der Waals surface area contributed by atoms with E-state index < -0.39 is 24.5 Å². The minimum Gasteiger partial charge on any atom is -0.388 e. The Hall–Kier alpha value is -2.75. The van der Waals surface area contributed by atoms with Crippen molar-refractivity contribution in [3.63, 3.8) is 0 Å². The second kappa shape index (κ2) is 6.20. The zero-order chi connectivity index (χ0) is 18.4. The molecule has 2 aromatic heterocycles. The lowest BCUT2D eigenvalue weighted by Gasteiger charge is -2.17. The molecule has 4 N–H and O–H groups in total.